The van der Waals surface area contributed by atoms with Crippen molar-refractivity contribution in [3.8, 4) is 0 Å². The monoisotopic (exact) mass is 329 g/mol. The molecule has 1 rings (SSSR count). The smallest absolute Gasteiger partial charge is 0.416 e. The van der Waals surface area contributed by atoms with Crippen molar-refractivity contribution in [2.45, 2.75) is 32.5 Å². The second kappa shape index (κ2) is 7.80. The van der Waals surface area contributed by atoms with E-state index in [1.165, 1.54) is 13.2 Å². The molecule has 1 atom stereocenters. The second-order valence-electron chi connectivity index (χ2n) is 5.14. The average Bonchev–Trinajstić information content (AvgIpc) is 2.49. The highest BCUT2D eigenvalue weighted by molar-refractivity contribution is 5.97. The maximum absolute atomic E-state index is 12.7. The molecule has 0 aromatic heterocycles. The van der Waals surface area contributed by atoms with Gasteiger partial charge in [0.25, 0.3) is 5.91 Å². The summed E-state index contributed by atoms with van der Waals surface area (Å²) in [6, 6.07) is 3.04. The highest BCUT2D eigenvalue weighted by Crippen LogP contribution is 2.29. The van der Waals surface area contributed by atoms with Gasteiger partial charge < -0.3 is 10.1 Å². The van der Waals surface area contributed by atoms with E-state index in [9.17, 15) is 22.8 Å². The average molecular weight is 329 g/mol. The number of ether oxygens (including phenoxy) is 1. The van der Waals surface area contributed by atoms with Gasteiger partial charge in [-0.15, -0.1) is 0 Å². The summed E-state index contributed by atoms with van der Waals surface area (Å²) in [4.78, 5) is 23.8. The molecular formula is C16H18F3NO3. The lowest BCUT2D eigenvalue weighted by Gasteiger charge is -2.16. The maximum atomic E-state index is 12.7. The second-order valence-corrected chi connectivity index (χ2v) is 5.14. The number of esters is 1. The van der Waals surface area contributed by atoms with Gasteiger partial charge in [-0.25, -0.2) is 4.79 Å². The van der Waals surface area contributed by atoms with E-state index in [2.05, 4.69) is 10.1 Å². The first-order valence-electron chi connectivity index (χ1n) is 6.84. The van der Waals surface area contributed by atoms with E-state index in [4.69, 9.17) is 0 Å². The summed E-state index contributed by atoms with van der Waals surface area (Å²) < 4.78 is 42.6. The Hall–Kier alpha value is -2.31. The van der Waals surface area contributed by atoms with Crippen LogP contribution in [0.1, 0.15) is 36.2 Å². The van der Waals surface area contributed by atoms with Crippen LogP contribution >= 0.6 is 0 Å². The predicted octanol–water partition coefficient (Wildman–Crippen LogP) is 3.33. The number of methoxy groups -OCH3 is 1. The first-order chi connectivity index (χ1) is 10.6. The number of halogens is 3. The van der Waals surface area contributed by atoms with E-state index in [1.807, 2.05) is 13.8 Å². The van der Waals surface area contributed by atoms with Crippen LogP contribution in [0.3, 0.4) is 0 Å². The summed E-state index contributed by atoms with van der Waals surface area (Å²) in [7, 11) is 1.17. The lowest BCUT2D eigenvalue weighted by molar-refractivity contribution is -0.142. The number of carbonyl (C=O) groups excluding carboxylic acids is 2. The van der Waals surface area contributed by atoms with Crippen LogP contribution in [0.4, 0.5) is 13.2 Å². The number of carbonyl (C=O) groups is 2. The van der Waals surface area contributed by atoms with Crippen molar-refractivity contribution in [1.82, 2.24) is 5.32 Å². The van der Waals surface area contributed by atoms with Gasteiger partial charge in [-0.2, -0.15) is 13.2 Å². The molecule has 126 valence electrons. The van der Waals surface area contributed by atoms with Crippen molar-refractivity contribution < 1.29 is 27.5 Å². The number of hydrogen-bond donors (Lipinski definition) is 1. The number of alkyl halides is 3. The van der Waals surface area contributed by atoms with Crippen molar-refractivity contribution in [3.05, 3.63) is 47.0 Å². The lowest BCUT2D eigenvalue weighted by Crippen LogP contribution is -2.41. The Bertz CT molecular complexity index is 605. The van der Waals surface area contributed by atoms with E-state index in [0.717, 1.165) is 23.8 Å². The molecule has 0 aliphatic carbocycles. The molecule has 0 saturated heterocycles. The summed E-state index contributed by atoms with van der Waals surface area (Å²) in [6.07, 6.45) is -2.62. The summed E-state index contributed by atoms with van der Waals surface area (Å²) in [5, 5.41) is 2.39. The van der Waals surface area contributed by atoms with Crippen LogP contribution in [0.2, 0.25) is 0 Å². The third-order valence-electron chi connectivity index (χ3n) is 3.00. The molecule has 1 amide bonds. The fourth-order valence-electron chi connectivity index (χ4n) is 1.79. The fraction of sp³-hybridized carbons (Fsp3) is 0.375. The quantitative estimate of drug-likeness (QED) is 0.666. The van der Waals surface area contributed by atoms with E-state index in [-0.39, 0.29) is 12.0 Å². The van der Waals surface area contributed by atoms with Gasteiger partial charge >= 0.3 is 12.1 Å². The summed E-state index contributed by atoms with van der Waals surface area (Å²) >= 11 is 0. The van der Waals surface area contributed by atoms with Crippen LogP contribution in [0, 0.1) is 0 Å². The summed E-state index contributed by atoms with van der Waals surface area (Å²) in [6.45, 7) is 3.64. The molecule has 0 spiro atoms. The van der Waals surface area contributed by atoms with Gasteiger partial charge in [0, 0.05) is 5.56 Å². The first kappa shape index (κ1) is 18.7. The Labute approximate surface area is 132 Å². The molecule has 0 heterocycles. The third-order valence-corrected chi connectivity index (χ3v) is 3.00. The van der Waals surface area contributed by atoms with Crippen LogP contribution < -0.4 is 5.32 Å². The van der Waals surface area contributed by atoms with Crippen LogP contribution in [-0.2, 0) is 15.7 Å². The van der Waals surface area contributed by atoms with Crippen LogP contribution in [0.5, 0.6) is 0 Å². The molecule has 0 saturated carbocycles. The molecule has 0 fully saturated rings. The van der Waals surface area contributed by atoms with Crippen molar-refractivity contribution in [1.29, 1.82) is 0 Å². The SMILES string of the molecule is COC(=O)[C@@H](CC=C(C)C)NC(=O)c1cccc(C(F)(F)F)c1. The number of amides is 1. The molecule has 0 bridgehead atoms. The van der Waals surface area contributed by atoms with Crippen molar-refractivity contribution in [3.63, 3.8) is 0 Å². The largest absolute Gasteiger partial charge is 0.467 e. The van der Waals surface area contributed by atoms with Gasteiger partial charge in [-0.05, 0) is 38.5 Å². The normalized spacial score (nSPS) is 12.3. The molecular weight excluding hydrogens is 311 g/mol. The molecule has 0 aliphatic heterocycles. The number of nitrogens with one attached hydrogen (secondary N) is 1. The third kappa shape index (κ3) is 5.77. The first-order valence-corrected chi connectivity index (χ1v) is 6.84. The zero-order valence-corrected chi connectivity index (χ0v) is 13.0. The molecule has 0 aliphatic rings. The predicted molar refractivity (Wildman–Crippen MR) is 78.8 cm³/mol. The Morgan fingerprint density at radius 3 is 2.48 bits per heavy atom. The number of rotatable bonds is 5. The van der Waals surface area contributed by atoms with Gasteiger partial charge in [-0.1, -0.05) is 17.7 Å². The molecule has 7 heteroatoms. The van der Waals surface area contributed by atoms with E-state index in [0.29, 0.717) is 0 Å². The number of hydrogen-bond acceptors (Lipinski definition) is 3. The van der Waals surface area contributed by atoms with Gasteiger partial charge in [0.2, 0.25) is 0 Å². The molecule has 23 heavy (non-hydrogen) atoms. The zero-order valence-electron chi connectivity index (χ0n) is 13.0. The minimum absolute atomic E-state index is 0.175. The van der Waals surface area contributed by atoms with Gasteiger partial charge in [0.1, 0.15) is 6.04 Å². The van der Waals surface area contributed by atoms with Crippen LogP contribution in [0.25, 0.3) is 0 Å². The topological polar surface area (TPSA) is 55.4 Å². The minimum Gasteiger partial charge on any atom is -0.467 e. The van der Waals surface area contributed by atoms with Gasteiger partial charge in [0.15, 0.2) is 0 Å². The molecule has 1 aromatic rings. The summed E-state index contributed by atoms with van der Waals surface area (Å²) in [5.41, 5.74) is -0.165. The molecule has 4 nitrogen and oxygen atoms in total. The number of allylic oxidation sites excluding steroid dienone is 1. The molecule has 1 aromatic carbocycles. The van der Waals surface area contributed by atoms with Gasteiger partial charge in [0.05, 0.1) is 12.7 Å². The Morgan fingerprint density at radius 1 is 1.30 bits per heavy atom. The highest BCUT2D eigenvalue weighted by atomic mass is 19.4. The Morgan fingerprint density at radius 2 is 1.96 bits per heavy atom. The Balaban J connectivity index is 2.94. The van der Waals surface area contributed by atoms with Gasteiger partial charge in [-0.3, -0.25) is 4.79 Å². The molecule has 1 N–H and O–H groups in total. The van der Waals surface area contributed by atoms with E-state index in [1.54, 1.807) is 6.08 Å². The van der Waals surface area contributed by atoms with E-state index < -0.39 is 29.7 Å². The molecule has 0 radical (unpaired) electrons. The zero-order chi connectivity index (χ0) is 17.6. The highest BCUT2D eigenvalue weighted by Gasteiger charge is 2.31. The lowest BCUT2D eigenvalue weighted by atomic mass is 10.1. The summed E-state index contributed by atoms with van der Waals surface area (Å²) in [5.74, 6) is -1.43. The van der Waals surface area contributed by atoms with Crippen molar-refractivity contribution in [2.75, 3.05) is 7.11 Å². The molecule has 0 unspecified atom stereocenters. The van der Waals surface area contributed by atoms with Crippen LogP contribution in [0.15, 0.2) is 35.9 Å². The van der Waals surface area contributed by atoms with Crippen molar-refractivity contribution in [2.24, 2.45) is 0 Å². The van der Waals surface area contributed by atoms with Crippen LogP contribution in [-0.4, -0.2) is 25.0 Å². The van der Waals surface area contributed by atoms with E-state index >= 15 is 0 Å². The fourth-order valence-corrected chi connectivity index (χ4v) is 1.79. The Kier molecular flexibility index (Phi) is 6.36. The number of benzene rings is 1. The van der Waals surface area contributed by atoms with Crippen molar-refractivity contribution >= 4 is 11.9 Å². The minimum atomic E-state index is -4.54. The maximum Gasteiger partial charge on any atom is 0.416 e. The standard InChI is InChI=1S/C16H18F3NO3/c1-10(2)7-8-13(15(22)23-3)20-14(21)11-5-4-6-12(9-11)16(17,18)19/h4-7,9,13H,8H2,1-3H3,(H,20,21)/t13-/m1/s1.